The monoisotopic (exact) mass is 206 g/mol. The molecule has 0 amide bonds. The fraction of sp³-hybridized carbons (Fsp3) is 0.222. The van der Waals surface area contributed by atoms with Crippen LogP contribution in [-0.2, 0) is 4.74 Å². The van der Waals surface area contributed by atoms with Crippen LogP contribution < -0.4 is 5.32 Å². The Morgan fingerprint density at radius 1 is 1.67 bits per heavy atom. The van der Waals surface area contributed by atoms with Crippen LogP contribution in [0.15, 0.2) is 35.5 Å². The molecule has 1 aliphatic rings. The highest BCUT2D eigenvalue weighted by Crippen LogP contribution is 1.96. The van der Waals surface area contributed by atoms with Crippen molar-refractivity contribution in [1.82, 2.24) is 14.9 Å². The maximum Gasteiger partial charge on any atom is 0.419 e. The van der Waals surface area contributed by atoms with Gasteiger partial charge < -0.3 is 10.1 Å². The summed E-state index contributed by atoms with van der Waals surface area (Å²) >= 11 is 0. The van der Waals surface area contributed by atoms with Gasteiger partial charge in [-0.3, -0.25) is 4.99 Å². The van der Waals surface area contributed by atoms with Gasteiger partial charge in [0.15, 0.2) is 0 Å². The van der Waals surface area contributed by atoms with Crippen molar-refractivity contribution < 1.29 is 9.53 Å². The maximum atomic E-state index is 11.4. The number of allylic oxidation sites excluding steroid dienone is 1. The van der Waals surface area contributed by atoms with E-state index in [0.717, 1.165) is 5.70 Å². The lowest BCUT2D eigenvalue weighted by molar-refractivity contribution is 0.155. The molecule has 1 aromatic heterocycles. The van der Waals surface area contributed by atoms with E-state index in [1.807, 2.05) is 0 Å². The third-order valence-electron chi connectivity index (χ3n) is 1.84. The number of rotatable bonds is 2. The second-order valence-electron chi connectivity index (χ2n) is 2.88. The Labute approximate surface area is 86.3 Å². The van der Waals surface area contributed by atoms with Gasteiger partial charge in [-0.1, -0.05) is 0 Å². The van der Waals surface area contributed by atoms with Crippen molar-refractivity contribution in [3.63, 3.8) is 0 Å². The lowest BCUT2D eigenvalue weighted by Gasteiger charge is -2.11. The Hall–Kier alpha value is -2.11. The second kappa shape index (κ2) is 4.41. The number of carbonyl (C=O) groups excluding carboxylic acids is 1. The quantitative estimate of drug-likeness (QED) is 0.759. The molecule has 0 aromatic carbocycles. The topological polar surface area (TPSA) is 68.5 Å². The molecule has 1 aliphatic heterocycles. The summed E-state index contributed by atoms with van der Waals surface area (Å²) in [6.45, 7) is 0.734. The summed E-state index contributed by atoms with van der Waals surface area (Å²) in [6.07, 6.45) is 7.45. The normalized spacial score (nSPS) is 14.3. The van der Waals surface area contributed by atoms with E-state index in [1.165, 1.54) is 23.3 Å². The average molecular weight is 206 g/mol. The Balaban J connectivity index is 1.86. The third-order valence-corrected chi connectivity index (χ3v) is 1.84. The summed E-state index contributed by atoms with van der Waals surface area (Å²) in [4.78, 5) is 19.0. The number of aliphatic imine (C=N–C) groups is 1. The zero-order valence-corrected chi connectivity index (χ0v) is 7.96. The Morgan fingerprint density at radius 2 is 2.60 bits per heavy atom. The molecular weight excluding hydrogens is 196 g/mol. The fourth-order valence-electron chi connectivity index (χ4n) is 1.08. The second-order valence-corrected chi connectivity index (χ2v) is 2.88. The van der Waals surface area contributed by atoms with Crippen LogP contribution in [-0.4, -0.2) is 35.1 Å². The summed E-state index contributed by atoms with van der Waals surface area (Å²) in [6, 6.07) is 0. The molecule has 6 heteroatoms. The maximum absolute atomic E-state index is 11.4. The van der Waals surface area contributed by atoms with Gasteiger partial charge in [-0.05, 0) is 6.08 Å². The van der Waals surface area contributed by atoms with Crippen molar-refractivity contribution in [1.29, 1.82) is 0 Å². The van der Waals surface area contributed by atoms with Crippen LogP contribution in [0.4, 0.5) is 4.79 Å². The standard InChI is InChI=1S/C9H10N4O2/c14-9(13-4-3-11-7-13)15-5-8-1-2-10-6-12-8/h1-4,7,12H,5-6H2. The molecule has 1 aromatic rings. The van der Waals surface area contributed by atoms with Gasteiger partial charge in [0, 0.05) is 18.6 Å². The predicted octanol–water partition coefficient (Wildman–Crippen LogP) is 0.383. The number of aromatic nitrogens is 2. The first-order valence-corrected chi connectivity index (χ1v) is 4.44. The molecule has 0 spiro atoms. The zero-order valence-electron chi connectivity index (χ0n) is 7.96. The lowest BCUT2D eigenvalue weighted by atomic mass is 10.4. The smallest absolute Gasteiger partial charge is 0.419 e. The molecule has 6 nitrogen and oxygen atoms in total. The van der Waals surface area contributed by atoms with Crippen LogP contribution in [0.25, 0.3) is 0 Å². The van der Waals surface area contributed by atoms with E-state index in [4.69, 9.17) is 4.74 Å². The van der Waals surface area contributed by atoms with Gasteiger partial charge in [-0.15, -0.1) is 0 Å². The van der Waals surface area contributed by atoms with Crippen molar-refractivity contribution in [3.05, 3.63) is 30.5 Å². The van der Waals surface area contributed by atoms with Gasteiger partial charge >= 0.3 is 6.09 Å². The number of carbonyl (C=O) groups is 1. The zero-order chi connectivity index (χ0) is 10.5. The molecule has 15 heavy (non-hydrogen) atoms. The van der Waals surface area contributed by atoms with Gasteiger partial charge in [-0.25, -0.2) is 14.3 Å². The Bertz CT molecular complexity index is 394. The number of hydrogen-bond donors (Lipinski definition) is 1. The Kier molecular flexibility index (Phi) is 2.77. The summed E-state index contributed by atoms with van der Waals surface area (Å²) in [5.41, 5.74) is 0.832. The van der Waals surface area contributed by atoms with Crippen molar-refractivity contribution in [2.24, 2.45) is 4.99 Å². The molecule has 0 atom stereocenters. The average Bonchev–Trinajstić information content (AvgIpc) is 2.81. The van der Waals surface area contributed by atoms with Crippen LogP contribution >= 0.6 is 0 Å². The van der Waals surface area contributed by atoms with Gasteiger partial charge in [0.25, 0.3) is 0 Å². The van der Waals surface area contributed by atoms with E-state index in [-0.39, 0.29) is 6.61 Å². The van der Waals surface area contributed by atoms with Crippen molar-refractivity contribution in [2.45, 2.75) is 0 Å². The molecule has 0 saturated carbocycles. The number of ether oxygens (including phenoxy) is 1. The number of imidazole rings is 1. The number of nitrogens with zero attached hydrogens (tertiary/aromatic N) is 3. The molecule has 1 N–H and O–H groups in total. The van der Waals surface area contributed by atoms with Crippen LogP contribution in [0.3, 0.4) is 0 Å². The highest BCUT2D eigenvalue weighted by Gasteiger charge is 2.06. The fourth-order valence-corrected chi connectivity index (χ4v) is 1.08. The number of nitrogens with one attached hydrogen (secondary N) is 1. The van der Waals surface area contributed by atoms with E-state index in [1.54, 1.807) is 12.3 Å². The molecule has 0 saturated heterocycles. The van der Waals surface area contributed by atoms with Gasteiger partial charge in [0.2, 0.25) is 0 Å². The third kappa shape index (κ3) is 2.43. The van der Waals surface area contributed by atoms with Crippen molar-refractivity contribution in [3.8, 4) is 0 Å². The van der Waals surface area contributed by atoms with E-state index in [2.05, 4.69) is 15.3 Å². The van der Waals surface area contributed by atoms with Crippen LogP contribution in [0.2, 0.25) is 0 Å². The van der Waals surface area contributed by atoms with E-state index >= 15 is 0 Å². The van der Waals surface area contributed by atoms with E-state index < -0.39 is 6.09 Å². The molecule has 0 fully saturated rings. The lowest BCUT2D eigenvalue weighted by Crippen LogP contribution is -2.23. The molecule has 0 radical (unpaired) electrons. The molecule has 0 unspecified atom stereocenters. The van der Waals surface area contributed by atoms with E-state index in [0.29, 0.717) is 6.67 Å². The summed E-state index contributed by atoms with van der Waals surface area (Å²) in [5, 5.41) is 2.98. The van der Waals surface area contributed by atoms with Gasteiger partial charge in [0.05, 0.1) is 5.70 Å². The summed E-state index contributed by atoms with van der Waals surface area (Å²) in [7, 11) is 0. The molecule has 0 bridgehead atoms. The first-order chi connectivity index (χ1) is 7.36. The predicted molar refractivity (Wildman–Crippen MR) is 53.6 cm³/mol. The number of hydrogen-bond acceptors (Lipinski definition) is 5. The van der Waals surface area contributed by atoms with Crippen molar-refractivity contribution in [2.75, 3.05) is 13.3 Å². The minimum atomic E-state index is -0.447. The highest BCUT2D eigenvalue weighted by atomic mass is 16.5. The first-order valence-electron chi connectivity index (χ1n) is 4.44. The van der Waals surface area contributed by atoms with Crippen LogP contribution in [0, 0.1) is 0 Å². The summed E-state index contributed by atoms with van der Waals surface area (Å²) in [5.74, 6) is 0. The minimum Gasteiger partial charge on any atom is -0.442 e. The van der Waals surface area contributed by atoms with Crippen molar-refractivity contribution >= 4 is 12.3 Å². The van der Waals surface area contributed by atoms with Gasteiger partial charge in [0.1, 0.15) is 19.6 Å². The molecular formula is C9H10N4O2. The van der Waals surface area contributed by atoms with Crippen LogP contribution in [0.1, 0.15) is 0 Å². The highest BCUT2D eigenvalue weighted by molar-refractivity contribution is 5.73. The molecule has 0 aliphatic carbocycles. The molecule has 2 rings (SSSR count). The summed E-state index contributed by atoms with van der Waals surface area (Å²) < 4.78 is 6.29. The van der Waals surface area contributed by atoms with Gasteiger partial charge in [-0.2, -0.15) is 0 Å². The Morgan fingerprint density at radius 3 is 3.27 bits per heavy atom. The minimum absolute atomic E-state index is 0.211. The largest absolute Gasteiger partial charge is 0.442 e. The SMILES string of the molecule is O=C(OCC1=CC=NCN1)n1ccnc1. The van der Waals surface area contributed by atoms with Crippen LogP contribution in [0.5, 0.6) is 0 Å². The first kappa shape index (κ1) is 9.45. The molecule has 78 valence electrons. The van der Waals surface area contributed by atoms with E-state index in [9.17, 15) is 4.79 Å². The molecule has 2 heterocycles.